The van der Waals surface area contributed by atoms with Gasteiger partial charge >= 0.3 is 0 Å². The van der Waals surface area contributed by atoms with Crippen LogP contribution < -0.4 is 10.7 Å². The summed E-state index contributed by atoms with van der Waals surface area (Å²) >= 11 is 6.56. The Kier molecular flexibility index (Phi) is 5.36. The zero-order chi connectivity index (χ0) is 12.8. The summed E-state index contributed by atoms with van der Waals surface area (Å²) in [5, 5.41) is 11.5. The van der Waals surface area contributed by atoms with Gasteiger partial charge in [0.25, 0.3) is 0 Å². The van der Waals surface area contributed by atoms with Gasteiger partial charge in [0.15, 0.2) is 5.11 Å². The summed E-state index contributed by atoms with van der Waals surface area (Å²) in [7, 11) is 0. The molecule has 0 radical (unpaired) electrons. The summed E-state index contributed by atoms with van der Waals surface area (Å²) in [5.41, 5.74) is 2.88. The van der Waals surface area contributed by atoms with Crippen molar-refractivity contribution < 1.29 is 4.79 Å². The second kappa shape index (κ2) is 6.55. The second-order valence-electron chi connectivity index (χ2n) is 3.14. The maximum absolute atomic E-state index is 11.2. The molecule has 0 saturated heterocycles. The van der Waals surface area contributed by atoms with Crippen molar-refractivity contribution in [3.63, 3.8) is 0 Å². The highest BCUT2D eigenvalue weighted by Gasteiger charge is 2.10. The Bertz CT molecular complexity index is 418. The van der Waals surface area contributed by atoms with E-state index >= 15 is 0 Å². The SMILES string of the molecule is CCSc1nnc(C)n1NC(=S)NC(=O)CC. The van der Waals surface area contributed by atoms with E-state index in [1.165, 1.54) is 0 Å². The Morgan fingerprint density at radius 2 is 2.18 bits per heavy atom. The lowest BCUT2D eigenvalue weighted by molar-refractivity contribution is -0.119. The minimum Gasteiger partial charge on any atom is -0.302 e. The zero-order valence-corrected chi connectivity index (χ0v) is 11.6. The van der Waals surface area contributed by atoms with Crippen molar-refractivity contribution in [3.05, 3.63) is 5.82 Å². The van der Waals surface area contributed by atoms with Crippen molar-refractivity contribution >= 4 is 35.0 Å². The molecule has 0 aromatic carbocycles. The third-order valence-electron chi connectivity index (χ3n) is 1.86. The summed E-state index contributed by atoms with van der Waals surface area (Å²) < 4.78 is 1.66. The van der Waals surface area contributed by atoms with Gasteiger partial charge in [0.1, 0.15) is 5.82 Å². The van der Waals surface area contributed by atoms with E-state index in [2.05, 4.69) is 20.9 Å². The molecule has 0 atom stereocenters. The molecule has 0 saturated carbocycles. The Hall–Kier alpha value is -1.15. The maximum atomic E-state index is 11.2. The first kappa shape index (κ1) is 13.9. The number of carbonyl (C=O) groups is 1. The number of hydrogen-bond acceptors (Lipinski definition) is 5. The van der Waals surface area contributed by atoms with Crippen LogP contribution in [0.15, 0.2) is 5.16 Å². The van der Waals surface area contributed by atoms with Gasteiger partial charge in [-0.25, -0.2) is 4.68 Å². The number of nitrogens with zero attached hydrogens (tertiary/aromatic N) is 3. The Morgan fingerprint density at radius 1 is 1.47 bits per heavy atom. The van der Waals surface area contributed by atoms with E-state index in [1.807, 2.05) is 13.8 Å². The van der Waals surface area contributed by atoms with Crippen LogP contribution in [-0.2, 0) is 4.79 Å². The molecule has 1 amide bonds. The lowest BCUT2D eigenvalue weighted by atomic mass is 10.5. The molecule has 0 aliphatic heterocycles. The minimum absolute atomic E-state index is 0.127. The fraction of sp³-hybridized carbons (Fsp3) is 0.556. The average Bonchev–Trinajstić information content (AvgIpc) is 2.62. The molecule has 94 valence electrons. The molecule has 8 heteroatoms. The largest absolute Gasteiger partial charge is 0.302 e. The van der Waals surface area contributed by atoms with Gasteiger partial charge in [-0.05, 0) is 24.9 Å². The van der Waals surface area contributed by atoms with Gasteiger partial charge in [0.05, 0.1) is 0 Å². The number of rotatable bonds is 4. The molecular formula is C9H15N5OS2. The van der Waals surface area contributed by atoms with Gasteiger partial charge in [0.2, 0.25) is 11.1 Å². The lowest BCUT2D eigenvalue weighted by Crippen LogP contribution is -2.38. The summed E-state index contributed by atoms with van der Waals surface area (Å²) in [6.45, 7) is 5.60. The van der Waals surface area contributed by atoms with E-state index in [0.717, 1.165) is 10.9 Å². The van der Waals surface area contributed by atoms with Crippen LogP contribution in [-0.4, -0.2) is 31.6 Å². The average molecular weight is 273 g/mol. The molecule has 0 aliphatic rings. The quantitative estimate of drug-likeness (QED) is 0.631. The molecule has 0 spiro atoms. The fourth-order valence-corrected chi connectivity index (χ4v) is 1.91. The molecule has 0 aliphatic carbocycles. The normalized spacial score (nSPS) is 10.1. The number of amides is 1. The van der Waals surface area contributed by atoms with Crippen molar-refractivity contribution in [2.45, 2.75) is 32.3 Å². The first-order valence-electron chi connectivity index (χ1n) is 5.24. The Labute approximate surface area is 110 Å². The fourth-order valence-electron chi connectivity index (χ4n) is 1.04. The monoisotopic (exact) mass is 273 g/mol. The van der Waals surface area contributed by atoms with Crippen molar-refractivity contribution in [2.75, 3.05) is 11.2 Å². The van der Waals surface area contributed by atoms with Crippen LogP contribution in [0.25, 0.3) is 0 Å². The van der Waals surface area contributed by atoms with Crippen LogP contribution in [0.3, 0.4) is 0 Å². The van der Waals surface area contributed by atoms with Gasteiger partial charge in [-0.2, -0.15) is 0 Å². The molecule has 1 heterocycles. The number of thiocarbonyl (C=S) groups is 1. The minimum atomic E-state index is -0.127. The lowest BCUT2D eigenvalue weighted by Gasteiger charge is -2.12. The number of nitrogens with one attached hydrogen (secondary N) is 2. The number of aryl methyl sites for hydroxylation is 1. The standard InChI is InChI=1S/C9H15N5OS2/c1-4-7(15)10-8(16)13-14-6(3)11-12-9(14)17-5-2/h4-5H2,1-3H3,(H2,10,13,15,16). The smallest absolute Gasteiger partial charge is 0.225 e. The first-order valence-corrected chi connectivity index (χ1v) is 6.63. The van der Waals surface area contributed by atoms with Gasteiger partial charge in [-0.3, -0.25) is 10.2 Å². The Morgan fingerprint density at radius 3 is 2.76 bits per heavy atom. The van der Waals surface area contributed by atoms with E-state index in [-0.39, 0.29) is 11.0 Å². The van der Waals surface area contributed by atoms with E-state index in [0.29, 0.717) is 12.2 Å². The zero-order valence-electron chi connectivity index (χ0n) is 9.98. The second-order valence-corrected chi connectivity index (χ2v) is 4.78. The number of hydrogen-bond donors (Lipinski definition) is 2. The summed E-state index contributed by atoms with van der Waals surface area (Å²) in [4.78, 5) is 11.2. The van der Waals surface area contributed by atoms with Crippen LogP contribution in [0.5, 0.6) is 0 Å². The highest BCUT2D eigenvalue weighted by Crippen LogP contribution is 2.14. The summed E-state index contributed by atoms with van der Waals surface area (Å²) in [6.07, 6.45) is 0.388. The van der Waals surface area contributed by atoms with Gasteiger partial charge < -0.3 is 5.32 Å². The number of carbonyl (C=O) groups excluding carboxylic acids is 1. The van der Waals surface area contributed by atoms with Crippen LogP contribution in [0.2, 0.25) is 0 Å². The molecule has 17 heavy (non-hydrogen) atoms. The molecule has 2 N–H and O–H groups in total. The van der Waals surface area contributed by atoms with Crippen LogP contribution in [0, 0.1) is 6.92 Å². The predicted molar refractivity (Wildman–Crippen MR) is 71.5 cm³/mol. The Balaban J connectivity index is 2.70. The molecule has 1 rings (SSSR count). The molecule has 1 aromatic heterocycles. The van der Waals surface area contributed by atoms with Crippen LogP contribution in [0.1, 0.15) is 26.1 Å². The van der Waals surface area contributed by atoms with E-state index in [4.69, 9.17) is 12.2 Å². The van der Waals surface area contributed by atoms with Crippen LogP contribution in [0.4, 0.5) is 0 Å². The molecule has 0 unspecified atom stereocenters. The molecule has 1 aromatic rings. The van der Waals surface area contributed by atoms with E-state index < -0.39 is 0 Å². The van der Waals surface area contributed by atoms with Gasteiger partial charge in [-0.1, -0.05) is 25.6 Å². The topological polar surface area (TPSA) is 71.8 Å². The summed E-state index contributed by atoms with van der Waals surface area (Å²) in [6, 6.07) is 0. The van der Waals surface area contributed by atoms with Crippen molar-refractivity contribution in [3.8, 4) is 0 Å². The predicted octanol–water partition coefficient (Wildman–Crippen LogP) is 1.05. The number of thioether (sulfide) groups is 1. The number of aromatic nitrogens is 3. The first-order chi connectivity index (χ1) is 8.08. The van der Waals surface area contributed by atoms with E-state index in [9.17, 15) is 4.79 Å². The molecular weight excluding hydrogens is 258 g/mol. The van der Waals surface area contributed by atoms with Gasteiger partial charge in [0, 0.05) is 6.42 Å². The highest BCUT2D eigenvalue weighted by atomic mass is 32.2. The summed E-state index contributed by atoms with van der Waals surface area (Å²) in [5.74, 6) is 1.44. The third-order valence-corrected chi connectivity index (χ3v) is 2.86. The van der Waals surface area contributed by atoms with Crippen molar-refractivity contribution in [1.29, 1.82) is 0 Å². The van der Waals surface area contributed by atoms with Crippen molar-refractivity contribution in [1.82, 2.24) is 20.2 Å². The third kappa shape index (κ3) is 3.97. The molecule has 0 fully saturated rings. The highest BCUT2D eigenvalue weighted by molar-refractivity contribution is 7.99. The van der Waals surface area contributed by atoms with Crippen molar-refractivity contribution in [2.24, 2.45) is 0 Å². The molecule has 0 bridgehead atoms. The maximum Gasteiger partial charge on any atom is 0.225 e. The van der Waals surface area contributed by atoms with E-state index in [1.54, 1.807) is 23.4 Å². The van der Waals surface area contributed by atoms with Gasteiger partial charge in [-0.15, -0.1) is 10.2 Å². The van der Waals surface area contributed by atoms with Crippen LogP contribution >= 0.6 is 24.0 Å². The molecule has 6 nitrogen and oxygen atoms in total.